The summed E-state index contributed by atoms with van der Waals surface area (Å²) >= 11 is 6.02. The molecule has 0 saturated carbocycles. The molecule has 0 aliphatic carbocycles. The Balaban J connectivity index is 2.24. The first-order valence-corrected chi connectivity index (χ1v) is 8.53. The first-order valence-electron chi connectivity index (χ1n) is 8.15. The number of carbonyl (C=O) groups is 1. The Bertz CT molecular complexity index is 950. The number of pyridine rings is 1. The molecular weight excluding hydrogens is 385 g/mol. The Hall–Kier alpha value is -2.48. The lowest BCUT2D eigenvalue weighted by molar-refractivity contribution is -0.286. The van der Waals surface area contributed by atoms with E-state index in [0.717, 1.165) is 0 Å². The number of benzene rings is 1. The number of aryl methyl sites for hydroxylation is 1. The molecule has 0 fully saturated rings. The Morgan fingerprint density at radius 2 is 1.96 bits per heavy atom. The van der Waals surface area contributed by atoms with Gasteiger partial charge in [0.05, 0.1) is 10.7 Å². The van der Waals surface area contributed by atoms with Crippen molar-refractivity contribution in [1.82, 2.24) is 4.98 Å². The van der Waals surface area contributed by atoms with Gasteiger partial charge in [0.15, 0.2) is 23.1 Å². The van der Waals surface area contributed by atoms with Crippen molar-refractivity contribution in [3.8, 4) is 22.8 Å². The van der Waals surface area contributed by atoms with Gasteiger partial charge < -0.3 is 15.2 Å². The molecule has 1 atom stereocenters. The molecule has 2 N–H and O–H groups in total. The van der Waals surface area contributed by atoms with Crippen LogP contribution in [-0.2, 0) is 0 Å². The van der Waals surface area contributed by atoms with Crippen molar-refractivity contribution < 1.29 is 27.4 Å². The van der Waals surface area contributed by atoms with Crippen LogP contribution in [0.4, 0.5) is 18.9 Å². The fraction of sp³-hybridized carbons (Fsp3) is 0.333. The normalized spacial score (nSPS) is 15.7. The lowest BCUT2D eigenvalue weighted by Crippen LogP contribution is -2.26. The van der Waals surface area contributed by atoms with Crippen LogP contribution in [0.2, 0.25) is 5.02 Å². The van der Waals surface area contributed by atoms with Gasteiger partial charge in [-0.1, -0.05) is 31.5 Å². The summed E-state index contributed by atoms with van der Waals surface area (Å²) in [7, 11) is 0. The minimum Gasteiger partial charge on any atom is -0.395 e. The number of Topliss-reactive ketones (excluding diaryl/α,β-unsaturated/α-hetero) is 1. The number of halogens is 4. The molecular formula is C18H16ClF3N2O3. The molecule has 0 amide bonds. The molecule has 1 aliphatic heterocycles. The Morgan fingerprint density at radius 3 is 2.59 bits per heavy atom. The topological polar surface area (TPSA) is 74.4 Å². The van der Waals surface area contributed by atoms with Crippen molar-refractivity contribution in [3.63, 3.8) is 0 Å². The van der Waals surface area contributed by atoms with Crippen molar-refractivity contribution in [3.05, 3.63) is 34.2 Å². The van der Waals surface area contributed by atoms with E-state index in [-0.39, 0.29) is 27.8 Å². The van der Waals surface area contributed by atoms with Crippen LogP contribution in [0, 0.1) is 18.7 Å². The van der Waals surface area contributed by atoms with Crippen LogP contribution in [0.5, 0.6) is 11.5 Å². The van der Waals surface area contributed by atoms with Gasteiger partial charge in [0.2, 0.25) is 0 Å². The number of aromatic nitrogens is 1. The average molecular weight is 401 g/mol. The maximum atomic E-state index is 14.8. The first-order chi connectivity index (χ1) is 12.6. The number of ketones is 1. The molecule has 5 nitrogen and oxygen atoms in total. The van der Waals surface area contributed by atoms with Gasteiger partial charge in [-0.3, -0.25) is 4.79 Å². The molecule has 0 bridgehead atoms. The highest BCUT2D eigenvalue weighted by Crippen LogP contribution is 2.49. The van der Waals surface area contributed by atoms with E-state index in [2.05, 4.69) is 14.5 Å². The lowest BCUT2D eigenvalue weighted by Gasteiger charge is -2.14. The van der Waals surface area contributed by atoms with E-state index in [1.165, 1.54) is 19.1 Å². The average Bonchev–Trinajstić information content (AvgIpc) is 2.96. The number of hydrogen-bond donors (Lipinski definition) is 1. The molecule has 9 heteroatoms. The number of alkyl halides is 2. The maximum absolute atomic E-state index is 14.8. The van der Waals surface area contributed by atoms with E-state index < -0.39 is 35.2 Å². The molecule has 2 aromatic rings. The SMILES string of the molecule is CCC(C)C(=O)c1nc(-c2ccc(C)c3c2OC(F)(F)O3)c(F)c(N)c1Cl. The third-order valence-corrected chi connectivity index (χ3v) is 4.79. The van der Waals surface area contributed by atoms with Crippen LogP contribution >= 0.6 is 11.6 Å². The highest BCUT2D eigenvalue weighted by atomic mass is 35.5. The standard InChI is InChI=1S/C18H16ClF3N2O3/c1-4-7(2)15(25)14-10(19)12(23)11(20)13(24-14)9-6-5-8(3)16-17(9)27-18(21,22)26-16/h5-7H,4H2,1-3H3,(H2,23,24). The van der Waals surface area contributed by atoms with Gasteiger partial charge in [-0.05, 0) is 25.0 Å². The molecule has 1 aliphatic rings. The first kappa shape index (κ1) is 19.3. The molecule has 1 aromatic heterocycles. The number of nitrogen functional groups attached to an aromatic ring is 1. The second-order valence-corrected chi connectivity index (χ2v) is 6.66. The van der Waals surface area contributed by atoms with E-state index >= 15 is 0 Å². The maximum Gasteiger partial charge on any atom is 0.586 e. The summed E-state index contributed by atoms with van der Waals surface area (Å²) in [5.41, 5.74) is 4.83. The van der Waals surface area contributed by atoms with Gasteiger partial charge in [-0.15, -0.1) is 8.78 Å². The molecule has 3 rings (SSSR count). The van der Waals surface area contributed by atoms with Crippen molar-refractivity contribution in [1.29, 1.82) is 0 Å². The van der Waals surface area contributed by atoms with Crippen LogP contribution in [0.25, 0.3) is 11.3 Å². The summed E-state index contributed by atoms with van der Waals surface area (Å²) in [6, 6.07) is 2.79. The largest absolute Gasteiger partial charge is 0.586 e. The van der Waals surface area contributed by atoms with Gasteiger partial charge >= 0.3 is 6.29 Å². The van der Waals surface area contributed by atoms with Crippen molar-refractivity contribution >= 4 is 23.1 Å². The highest BCUT2D eigenvalue weighted by molar-refractivity contribution is 6.36. The summed E-state index contributed by atoms with van der Waals surface area (Å²) in [6.45, 7) is 5.00. The third-order valence-electron chi connectivity index (χ3n) is 4.41. The molecule has 1 unspecified atom stereocenters. The van der Waals surface area contributed by atoms with Crippen LogP contribution in [0.1, 0.15) is 36.3 Å². The summed E-state index contributed by atoms with van der Waals surface area (Å²) < 4.78 is 50.9. The zero-order valence-corrected chi connectivity index (χ0v) is 15.5. The lowest BCUT2D eigenvalue weighted by atomic mass is 9.99. The van der Waals surface area contributed by atoms with E-state index in [4.69, 9.17) is 17.3 Å². The quantitative estimate of drug-likeness (QED) is 0.732. The summed E-state index contributed by atoms with van der Waals surface area (Å²) in [5, 5.41) is -0.312. The van der Waals surface area contributed by atoms with Gasteiger partial charge in [0.25, 0.3) is 0 Å². The van der Waals surface area contributed by atoms with E-state index in [1.807, 2.05) is 0 Å². The molecule has 1 aromatic carbocycles. The third kappa shape index (κ3) is 3.18. The van der Waals surface area contributed by atoms with Gasteiger partial charge in [0.1, 0.15) is 11.4 Å². The summed E-state index contributed by atoms with van der Waals surface area (Å²) in [6.07, 6.45) is -3.39. The number of nitrogens with two attached hydrogens (primary N) is 1. The van der Waals surface area contributed by atoms with E-state index in [9.17, 15) is 18.0 Å². The fourth-order valence-corrected chi connectivity index (χ4v) is 2.87. The number of hydrogen-bond acceptors (Lipinski definition) is 5. The molecule has 0 spiro atoms. The van der Waals surface area contributed by atoms with Gasteiger partial charge in [0, 0.05) is 11.5 Å². The summed E-state index contributed by atoms with van der Waals surface area (Å²) in [5.74, 6) is -2.51. The van der Waals surface area contributed by atoms with E-state index in [1.54, 1.807) is 13.8 Å². The predicted molar refractivity (Wildman–Crippen MR) is 93.8 cm³/mol. The smallest absolute Gasteiger partial charge is 0.395 e. The molecule has 2 heterocycles. The van der Waals surface area contributed by atoms with Crippen molar-refractivity contribution in [2.45, 2.75) is 33.5 Å². The second-order valence-electron chi connectivity index (χ2n) is 6.28. The number of fused-ring (bicyclic) bond motifs is 1. The Morgan fingerprint density at radius 1 is 1.33 bits per heavy atom. The predicted octanol–water partition coefficient (Wildman–Crippen LogP) is 4.98. The van der Waals surface area contributed by atoms with Crippen LogP contribution in [-0.4, -0.2) is 17.1 Å². The molecule has 0 radical (unpaired) electrons. The van der Waals surface area contributed by atoms with Crippen LogP contribution < -0.4 is 15.2 Å². The second kappa shape index (κ2) is 6.60. The highest BCUT2D eigenvalue weighted by Gasteiger charge is 2.46. The Labute approximate surface area is 158 Å². The number of rotatable bonds is 4. The minimum atomic E-state index is -3.90. The zero-order chi connectivity index (χ0) is 20.1. The van der Waals surface area contributed by atoms with Crippen molar-refractivity contribution in [2.75, 3.05) is 5.73 Å². The number of ether oxygens (including phenoxy) is 2. The molecule has 27 heavy (non-hydrogen) atoms. The van der Waals surface area contributed by atoms with E-state index in [0.29, 0.717) is 12.0 Å². The van der Waals surface area contributed by atoms with Gasteiger partial charge in [-0.2, -0.15) is 0 Å². The number of carbonyl (C=O) groups excluding carboxylic acids is 1. The molecule has 0 saturated heterocycles. The molecule has 144 valence electrons. The Kier molecular flexibility index (Phi) is 4.71. The zero-order valence-electron chi connectivity index (χ0n) is 14.7. The van der Waals surface area contributed by atoms with Gasteiger partial charge in [-0.25, -0.2) is 9.37 Å². The number of nitrogens with zero attached hydrogens (tertiary/aromatic N) is 1. The summed E-state index contributed by atoms with van der Waals surface area (Å²) in [4.78, 5) is 16.5. The monoisotopic (exact) mass is 400 g/mol. The fourth-order valence-electron chi connectivity index (χ4n) is 2.66. The van der Waals surface area contributed by atoms with Crippen LogP contribution in [0.3, 0.4) is 0 Å². The van der Waals surface area contributed by atoms with Crippen LogP contribution in [0.15, 0.2) is 12.1 Å². The number of anilines is 1. The van der Waals surface area contributed by atoms with Crippen molar-refractivity contribution in [2.24, 2.45) is 5.92 Å². The minimum absolute atomic E-state index is 0.119.